The summed E-state index contributed by atoms with van der Waals surface area (Å²) in [5, 5.41) is 16.1. The van der Waals surface area contributed by atoms with Gasteiger partial charge in [-0.15, -0.1) is 0 Å². The van der Waals surface area contributed by atoms with Crippen LogP contribution in [0.2, 0.25) is 0 Å². The minimum atomic E-state index is -3.93. The van der Waals surface area contributed by atoms with Gasteiger partial charge in [0.1, 0.15) is 6.04 Å². The maximum Gasteiger partial charge on any atom is 0.322 e. The van der Waals surface area contributed by atoms with E-state index >= 15 is 0 Å². The predicted molar refractivity (Wildman–Crippen MR) is 58.0 cm³/mol. The van der Waals surface area contributed by atoms with Crippen LogP contribution in [-0.2, 0) is 14.8 Å². The van der Waals surface area contributed by atoms with E-state index in [1.54, 1.807) is 26.8 Å². The number of nitriles is 1. The predicted octanol–water partition coefficient (Wildman–Crippen LogP) is 0.317. The second kappa shape index (κ2) is 4.80. The van der Waals surface area contributed by atoms with Gasteiger partial charge < -0.3 is 5.11 Å². The summed E-state index contributed by atoms with van der Waals surface area (Å²) in [6, 6.07) is 0.301. The molecular weight excluding hydrogens is 232 g/mol. The molecule has 0 bridgehead atoms. The molecule has 0 saturated carbocycles. The molecule has 0 aliphatic rings. The number of sulfonamides is 1. The van der Waals surface area contributed by atoms with Gasteiger partial charge in [-0.25, -0.2) is 8.42 Å². The zero-order valence-corrected chi connectivity index (χ0v) is 10.5. The largest absolute Gasteiger partial charge is 0.480 e. The van der Waals surface area contributed by atoms with Crippen LogP contribution in [0.15, 0.2) is 0 Å². The van der Waals surface area contributed by atoms with E-state index in [4.69, 9.17) is 10.4 Å². The van der Waals surface area contributed by atoms with Crippen molar-refractivity contribution in [1.29, 1.82) is 5.26 Å². The van der Waals surface area contributed by atoms with Gasteiger partial charge in [0, 0.05) is 0 Å². The van der Waals surface area contributed by atoms with Crippen LogP contribution >= 0.6 is 0 Å². The molecule has 92 valence electrons. The Bertz CT molecular complexity index is 402. The zero-order valence-electron chi connectivity index (χ0n) is 9.68. The minimum absolute atomic E-state index is 0.770. The molecule has 0 saturated heterocycles. The SMILES string of the molecule is CC(C#N)S(=O)(=O)NC(C(=O)O)C(C)(C)C. The van der Waals surface area contributed by atoms with Crippen molar-refractivity contribution in [2.45, 2.75) is 39.0 Å². The molecule has 0 aromatic rings. The van der Waals surface area contributed by atoms with E-state index < -0.39 is 32.7 Å². The fourth-order valence-electron chi connectivity index (χ4n) is 0.933. The summed E-state index contributed by atoms with van der Waals surface area (Å²) < 4.78 is 25.1. The van der Waals surface area contributed by atoms with Crippen molar-refractivity contribution in [3.8, 4) is 6.07 Å². The summed E-state index contributed by atoms with van der Waals surface area (Å²) in [5.74, 6) is -1.26. The van der Waals surface area contributed by atoms with Gasteiger partial charge in [-0.05, 0) is 12.3 Å². The van der Waals surface area contributed by atoms with Gasteiger partial charge in [0.15, 0.2) is 5.25 Å². The second-order valence-corrected chi connectivity index (χ2v) is 6.60. The van der Waals surface area contributed by atoms with Crippen LogP contribution in [0.1, 0.15) is 27.7 Å². The van der Waals surface area contributed by atoms with E-state index in [-0.39, 0.29) is 0 Å². The number of carboxylic acid groups (broad SMARTS) is 1. The molecule has 0 aliphatic heterocycles. The molecule has 0 radical (unpaired) electrons. The summed E-state index contributed by atoms with van der Waals surface area (Å²) in [5.41, 5.74) is -0.770. The molecular formula is C9H16N2O4S. The average molecular weight is 248 g/mol. The first-order valence-electron chi connectivity index (χ1n) is 4.66. The highest BCUT2D eigenvalue weighted by Crippen LogP contribution is 2.20. The van der Waals surface area contributed by atoms with Gasteiger partial charge in [0.2, 0.25) is 10.0 Å². The van der Waals surface area contributed by atoms with Gasteiger partial charge in [-0.2, -0.15) is 9.98 Å². The number of nitrogens with zero attached hydrogens (tertiary/aromatic N) is 1. The number of rotatable bonds is 4. The minimum Gasteiger partial charge on any atom is -0.480 e. The van der Waals surface area contributed by atoms with Crippen molar-refractivity contribution < 1.29 is 18.3 Å². The third kappa shape index (κ3) is 3.79. The molecule has 0 spiro atoms. The third-order valence-electron chi connectivity index (χ3n) is 2.04. The van der Waals surface area contributed by atoms with Crippen molar-refractivity contribution in [2.75, 3.05) is 0 Å². The smallest absolute Gasteiger partial charge is 0.322 e. The zero-order chi connectivity index (χ0) is 13.1. The molecule has 0 aliphatic carbocycles. The first kappa shape index (κ1) is 14.9. The molecule has 2 atom stereocenters. The van der Waals surface area contributed by atoms with Crippen molar-refractivity contribution >= 4 is 16.0 Å². The Hall–Kier alpha value is -1.13. The van der Waals surface area contributed by atoms with Gasteiger partial charge >= 0.3 is 5.97 Å². The van der Waals surface area contributed by atoms with Gasteiger partial charge in [-0.1, -0.05) is 20.8 Å². The van der Waals surface area contributed by atoms with Gasteiger partial charge in [0.05, 0.1) is 6.07 Å². The number of hydrogen-bond donors (Lipinski definition) is 2. The molecule has 0 aromatic heterocycles. The normalized spacial score (nSPS) is 16.2. The Kier molecular flexibility index (Phi) is 4.46. The first-order valence-corrected chi connectivity index (χ1v) is 6.20. The summed E-state index contributed by atoms with van der Waals surface area (Å²) in [7, 11) is -3.93. The van der Waals surface area contributed by atoms with Crippen LogP contribution in [0.25, 0.3) is 0 Å². The molecule has 2 N–H and O–H groups in total. The van der Waals surface area contributed by atoms with Crippen LogP contribution in [0.5, 0.6) is 0 Å². The molecule has 6 nitrogen and oxygen atoms in total. The highest BCUT2D eigenvalue weighted by Gasteiger charge is 2.36. The third-order valence-corrected chi connectivity index (χ3v) is 3.64. The highest BCUT2D eigenvalue weighted by atomic mass is 32.2. The van der Waals surface area contributed by atoms with Crippen LogP contribution < -0.4 is 4.72 Å². The van der Waals surface area contributed by atoms with Crippen LogP contribution in [-0.4, -0.2) is 30.8 Å². The number of nitrogens with one attached hydrogen (secondary N) is 1. The average Bonchev–Trinajstić information content (AvgIpc) is 2.10. The highest BCUT2D eigenvalue weighted by molar-refractivity contribution is 7.90. The fourth-order valence-corrected chi connectivity index (χ4v) is 2.06. The van der Waals surface area contributed by atoms with Gasteiger partial charge in [0.25, 0.3) is 0 Å². The Balaban J connectivity index is 5.09. The molecule has 0 rings (SSSR count). The lowest BCUT2D eigenvalue weighted by Crippen LogP contribution is -2.50. The summed E-state index contributed by atoms with van der Waals surface area (Å²) in [6.45, 7) is 6.01. The maximum atomic E-state index is 11.5. The van der Waals surface area contributed by atoms with Crippen LogP contribution in [0.3, 0.4) is 0 Å². The molecule has 0 aromatic carbocycles. The summed E-state index contributed by atoms with van der Waals surface area (Å²) in [6.07, 6.45) is 0. The summed E-state index contributed by atoms with van der Waals surface area (Å²) in [4.78, 5) is 10.9. The van der Waals surface area contributed by atoms with Crippen molar-refractivity contribution in [2.24, 2.45) is 5.41 Å². The standard InChI is InChI=1S/C9H16N2O4S/c1-6(5-10)16(14,15)11-7(8(12)13)9(2,3)4/h6-7,11H,1-4H3,(H,12,13). The number of carboxylic acids is 1. The number of hydrogen-bond acceptors (Lipinski definition) is 4. The van der Waals surface area contributed by atoms with Crippen molar-refractivity contribution in [3.05, 3.63) is 0 Å². The molecule has 0 heterocycles. The molecule has 0 amide bonds. The Morgan fingerprint density at radius 3 is 2.12 bits per heavy atom. The Morgan fingerprint density at radius 1 is 1.44 bits per heavy atom. The second-order valence-electron chi connectivity index (χ2n) is 4.57. The van der Waals surface area contributed by atoms with E-state index in [1.165, 1.54) is 6.92 Å². The number of aliphatic carboxylic acids is 1. The monoisotopic (exact) mass is 248 g/mol. The van der Waals surface area contributed by atoms with E-state index in [2.05, 4.69) is 0 Å². The fraction of sp³-hybridized carbons (Fsp3) is 0.778. The van der Waals surface area contributed by atoms with Crippen LogP contribution in [0.4, 0.5) is 0 Å². The number of carbonyl (C=O) groups is 1. The molecule has 7 heteroatoms. The lowest BCUT2D eigenvalue weighted by Gasteiger charge is -2.27. The van der Waals surface area contributed by atoms with Crippen LogP contribution in [0, 0.1) is 16.7 Å². The molecule has 16 heavy (non-hydrogen) atoms. The van der Waals surface area contributed by atoms with Crippen molar-refractivity contribution in [1.82, 2.24) is 4.72 Å². The van der Waals surface area contributed by atoms with E-state index in [0.29, 0.717) is 0 Å². The van der Waals surface area contributed by atoms with Crippen molar-refractivity contribution in [3.63, 3.8) is 0 Å². The van der Waals surface area contributed by atoms with E-state index in [1.807, 2.05) is 4.72 Å². The molecule has 2 unspecified atom stereocenters. The lowest BCUT2D eigenvalue weighted by molar-refractivity contribution is -0.141. The maximum absolute atomic E-state index is 11.5. The van der Waals surface area contributed by atoms with E-state index in [9.17, 15) is 13.2 Å². The summed E-state index contributed by atoms with van der Waals surface area (Å²) >= 11 is 0. The Morgan fingerprint density at radius 2 is 1.88 bits per heavy atom. The Labute approximate surface area is 95.3 Å². The van der Waals surface area contributed by atoms with Gasteiger partial charge in [-0.3, -0.25) is 4.79 Å². The quantitative estimate of drug-likeness (QED) is 0.744. The molecule has 0 fully saturated rings. The topological polar surface area (TPSA) is 107 Å². The first-order chi connectivity index (χ1) is 7.02. The van der Waals surface area contributed by atoms with E-state index in [0.717, 1.165) is 0 Å². The lowest BCUT2D eigenvalue weighted by atomic mass is 9.88.